The lowest BCUT2D eigenvalue weighted by Crippen LogP contribution is -2.18. The van der Waals surface area contributed by atoms with Crippen molar-refractivity contribution in [1.82, 2.24) is 5.32 Å². The van der Waals surface area contributed by atoms with Gasteiger partial charge in [-0.1, -0.05) is 24.3 Å². The molecule has 1 aromatic rings. The summed E-state index contributed by atoms with van der Waals surface area (Å²) in [5.41, 5.74) is 2.09. The molecule has 0 spiro atoms. The van der Waals surface area contributed by atoms with Gasteiger partial charge in [-0.25, -0.2) is 0 Å². The lowest BCUT2D eigenvalue weighted by atomic mass is 10.1. The number of hydrogen-bond acceptors (Lipinski definition) is 3. The van der Waals surface area contributed by atoms with E-state index in [0.29, 0.717) is 0 Å². The molecule has 0 saturated carbocycles. The topological polar surface area (TPSA) is 52.5 Å². The van der Waals surface area contributed by atoms with Crippen LogP contribution in [0.5, 0.6) is 0 Å². The summed E-state index contributed by atoms with van der Waals surface area (Å²) in [6.07, 6.45) is 0.515. The van der Waals surface area contributed by atoms with Gasteiger partial charge in [0.2, 0.25) is 0 Å². The molecule has 0 aromatic heterocycles. The Labute approximate surface area is 90.8 Å². The van der Waals surface area contributed by atoms with E-state index in [0.717, 1.165) is 30.6 Å². The molecular weight excluding hydrogens is 190 g/mol. The summed E-state index contributed by atoms with van der Waals surface area (Å²) in [5.74, 6) is 0. The van der Waals surface area contributed by atoms with Crippen molar-refractivity contribution < 1.29 is 10.2 Å². The average Bonchev–Trinajstić information content (AvgIpc) is 2.24. The van der Waals surface area contributed by atoms with Crippen LogP contribution in [0.2, 0.25) is 0 Å². The Morgan fingerprint density at radius 3 is 2.73 bits per heavy atom. The molecule has 0 amide bonds. The van der Waals surface area contributed by atoms with Crippen molar-refractivity contribution in [3.05, 3.63) is 35.4 Å². The van der Waals surface area contributed by atoms with E-state index < -0.39 is 0 Å². The minimum atomic E-state index is -0.249. The van der Waals surface area contributed by atoms with Crippen LogP contribution >= 0.6 is 0 Å². The molecule has 3 nitrogen and oxygen atoms in total. The summed E-state index contributed by atoms with van der Waals surface area (Å²) < 4.78 is 0. The second kappa shape index (κ2) is 6.56. The average molecular weight is 209 g/mol. The molecule has 3 N–H and O–H groups in total. The van der Waals surface area contributed by atoms with E-state index in [4.69, 9.17) is 10.2 Å². The molecule has 15 heavy (non-hydrogen) atoms. The zero-order valence-electron chi connectivity index (χ0n) is 9.11. The maximum Gasteiger partial charge on any atom is 0.0681 e. The highest BCUT2D eigenvalue weighted by molar-refractivity contribution is 5.22. The second-order valence-corrected chi connectivity index (χ2v) is 3.79. The summed E-state index contributed by atoms with van der Waals surface area (Å²) in [5, 5.41) is 21.3. The quantitative estimate of drug-likeness (QED) is 0.614. The first-order valence-corrected chi connectivity index (χ1v) is 5.30. The fourth-order valence-electron chi connectivity index (χ4n) is 1.38. The van der Waals surface area contributed by atoms with Crippen molar-refractivity contribution in [3.8, 4) is 0 Å². The SMILES string of the molecule is CC(O)CCNCc1cccc(CO)c1. The number of rotatable bonds is 6. The number of nitrogens with one attached hydrogen (secondary N) is 1. The lowest BCUT2D eigenvalue weighted by Gasteiger charge is -2.07. The van der Waals surface area contributed by atoms with E-state index in [1.807, 2.05) is 24.3 Å². The summed E-state index contributed by atoms with van der Waals surface area (Å²) in [7, 11) is 0. The van der Waals surface area contributed by atoms with E-state index in [1.54, 1.807) is 6.92 Å². The third-order valence-electron chi connectivity index (χ3n) is 2.24. The van der Waals surface area contributed by atoms with Gasteiger partial charge in [0.15, 0.2) is 0 Å². The summed E-state index contributed by atoms with van der Waals surface area (Å²) in [6, 6.07) is 7.85. The molecule has 0 aliphatic rings. The molecule has 0 heterocycles. The molecule has 1 atom stereocenters. The Bertz CT molecular complexity index is 287. The van der Waals surface area contributed by atoms with Crippen LogP contribution in [0.3, 0.4) is 0 Å². The van der Waals surface area contributed by atoms with E-state index in [9.17, 15) is 0 Å². The molecule has 84 valence electrons. The number of aliphatic hydroxyl groups is 2. The van der Waals surface area contributed by atoms with Gasteiger partial charge in [-0.15, -0.1) is 0 Å². The molecule has 0 saturated heterocycles. The minimum Gasteiger partial charge on any atom is -0.393 e. The highest BCUT2D eigenvalue weighted by Gasteiger charge is 1.97. The number of hydrogen-bond donors (Lipinski definition) is 3. The Kier molecular flexibility index (Phi) is 5.32. The second-order valence-electron chi connectivity index (χ2n) is 3.79. The van der Waals surface area contributed by atoms with Gasteiger partial charge in [0, 0.05) is 6.54 Å². The predicted octanol–water partition coefficient (Wildman–Crippen LogP) is 1.04. The van der Waals surface area contributed by atoms with Crippen molar-refractivity contribution in [2.24, 2.45) is 0 Å². The van der Waals surface area contributed by atoms with Gasteiger partial charge in [0.1, 0.15) is 0 Å². The zero-order chi connectivity index (χ0) is 11.1. The number of benzene rings is 1. The lowest BCUT2D eigenvalue weighted by molar-refractivity contribution is 0.183. The molecule has 0 aliphatic carbocycles. The Morgan fingerprint density at radius 2 is 2.07 bits per heavy atom. The van der Waals surface area contributed by atoms with Crippen molar-refractivity contribution >= 4 is 0 Å². The van der Waals surface area contributed by atoms with Crippen LogP contribution in [0.1, 0.15) is 24.5 Å². The Hall–Kier alpha value is -0.900. The largest absolute Gasteiger partial charge is 0.393 e. The molecule has 3 heteroatoms. The molecular formula is C12H19NO2. The fourth-order valence-corrected chi connectivity index (χ4v) is 1.38. The van der Waals surface area contributed by atoms with Crippen LogP contribution in [-0.2, 0) is 13.2 Å². The van der Waals surface area contributed by atoms with Crippen LogP contribution in [0.15, 0.2) is 24.3 Å². The van der Waals surface area contributed by atoms with Gasteiger partial charge < -0.3 is 15.5 Å². The number of aliphatic hydroxyl groups excluding tert-OH is 2. The standard InChI is InChI=1S/C12H19NO2/c1-10(15)5-6-13-8-11-3-2-4-12(7-11)9-14/h2-4,7,10,13-15H,5-6,8-9H2,1H3. The smallest absolute Gasteiger partial charge is 0.0681 e. The van der Waals surface area contributed by atoms with Gasteiger partial charge in [0.25, 0.3) is 0 Å². The molecule has 0 radical (unpaired) electrons. The summed E-state index contributed by atoms with van der Waals surface area (Å²) >= 11 is 0. The normalized spacial score (nSPS) is 12.7. The first kappa shape index (κ1) is 12.2. The van der Waals surface area contributed by atoms with E-state index in [2.05, 4.69) is 5.32 Å². The first-order valence-electron chi connectivity index (χ1n) is 5.30. The Morgan fingerprint density at radius 1 is 1.33 bits per heavy atom. The van der Waals surface area contributed by atoms with Gasteiger partial charge >= 0.3 is 0 Å². The van der Waals surface area contributed by atoms with Crippen LogP contribution in [0, 0.1) is 0 Å². The van der Waals surface area contributed by atoms with Crippen molar-refractivity contribution in [2.75, 3.05) is 6.54 Å². The maximum atomic E-state index is 9.06. The van der Waals surface area contributed by atoms with Crippen molar-refractivity contribution in [3.63, 3.8) is 0 Å². The monoisotopic (exact) mass is 209 g/mol. The third-order valence-corrected chi connectivity index (χ3v) is 2.24. The van der Waals surface area contributed by atoms with Crippen molar-refractivity contribution in [2.45, 2.75) is 32.6 Å². The van der Waals surface area contributed by atoms with Gasteiger partial charge in [-0.3, -0.25) is 0 Å². The van der Waals surface area contributed by atoms with Crippen LogP contribution in [0.25, 0.3) is 0 Å². The van der Waals surface area contributed by atoms with Gasteiger partial charge in [0.05, 0.1) is 12.7 Å². The predicted molar refractivity (Wildman–Crippen MR) is 60.4 cm³/mol. The summed E-state index contributed by atoms with van der Waals surface area (Å²) in [4.78, 5) is 0. The summed E-state index contributed by atoms with van der Waals surface area (Å²) in [6.45, 7) is 3.46. The highest BCUT2D eigenvalue weighted by atomic mass is 16.3. The van der Waals surface area contributed by atoms with Crippen molar-refractivity contribution in [1.29, 1.82) is 0 Å². The Balaban J connectivity index is 2.30. The highest BCUT2D eigenvalue weighted by Crippen LogP contribution is 2.04. The molecule has 1 unspecified atom stereocenters. The minimum absolute atomic E-state index is 0.0848. The fraction of sp³-hybridized carbons (Fsp3) is 0.500. The zero-order valence-corrected chi connectivity index (χ0v) is 9.11. The van der Waals surface area contributed by atoms with Crippen LogP contribution in [0.4, 0.5) is 0 Å². The van der Waals surface area contributed by atoms with E-state index in [-0.39, 0.29) is 12.7 Å². The van der Waals surface area contributed by atoms with Gasteiger partial charge in [-0.2, -0.15) is 0 Å². The maximum absolute atomic E-state index is 9.06. The van der Waals surface area contributed by atoms with Crippen LogP contribution in [-0.4, -0.2) is 22.9 Å². The molecule has 1 rings (SSSR count). The van der Waals surface area contributed by atoms with E-state index >= 15 is 0 Å². The first-order chi connectivity index (χ1) is 7.22. The van der Waals surface area contributed by atoms with E-state index in [1.165, 1.54) is 0 Å². The molecule has 1 aromatic carbocycles. The molecule has 0 fully saturated rings. The van der Waals surface area contributed by atoms with Crippen LogP contribution < -0.4 is 5.32 Å². The third kappa shape index (κ3) is 4.93. The molecule has 0 aliphatic heterocycles. The molecule has 0 bridgehead atoms. The van der Waals surface area contributed by atoms with Gasteiger partial charge in [-0.05, 0) is 31.0 Å².